The first kappa shape index (κ1) is 22.0. The fourth-order valence-electron chi connectivity index (χ4n) is 3.53. The number of aryl methyl sites for hydroxylation is 1. The van der Waals surface area contributed by atoms with Gasteiger partial charge in [-0.15, -0.1) is 11.6 Å². The summed E-state index contributed by atoms with van der Waals surface area (Å²) >= 11 is 5.45. The molecule has 1 aromatic heterocycles. The number of carbonyl (C=O) groups is 2. The Morgan fingerprint density at radius 1 is 1.12 bits per heavy atom. The van der Waals surface area contributed by atoms with Crippen molar-refractivity contribution < 1.29 is 23.8 Å². The molecule has 2 heterocycles. The number of ether oxygens (including phenoxy) is 3. The highest BCUT2D eigenvalue weighted by Gasteiger charge is 2.26. The first-order valence-electron chi connectivity index (χ1n) is 10.2. The van der Waals surface area contributed by atoms with Crippen LogP contribution in [0.4, 0.5) is 0 Å². The van der Waals surface area contributed by atoms with Crippen molar-refractivity contribution in [1.82, 2.24) is 15.1 Å². The zero-order valence-corrected chi connectivity index (χ0v) is 18.9. The number of hydrogen-bond acceptors (Lipinski definition) is 6. The Balaban J connectivity index is 1.59. The van der Waals surface area contributed by atoms with Crippen molar-refractivity contribution in [1.29, 1.82) is 0 Å². The van der Waals surface area contributed by atoms with Crippen LogP contribution in [-0.4, -0.2) is 52.9 Å². The molecule has 0 atom stereocenters. The summed E-state index contributed by atoms with van der Waals surface area (Å²) in [5, 5.41) is 8.02. The fraction of sp³-hybridized carbons (Fsp3) is 0.348. The van der Waals surface area contributed by atoms with Crippen molar-refractivity contribution in [3.05, 3.63) is 42.1 Å². The second-order valence-electron chi connectivity index (χ2n) is 8.19. The van der Waals surface area contributed by atoms with E-state index in [0.29, 0.717) is 18.9 Å². The molecule has 1 aliphatic heterocycles. The van der Waals surface area contributed by atoms with Crippen LogP contribution in [0.25, 0.3) is 22.0 Å². The van der Waals surface area contributed by atoms with Gasteiger partial charge in [0.1, 0.15) is 25.7 Å². The lowest BCUT2D eigenvalue weighted by atomic mass is 10.0. The highest BCUT2D eigenvalue weighted by atomic mass is 35.5. The number of carbonyl (C=O) groups excluding carboxylic acids is 2. The molecule has 0 saturated carbocycles. The molecule has 9 heteroatoms. The van der Waals surface area contributed by atoms with Gasteiger partial charge in [0.25, 0.3) is 5.91 Å². The molecule has 0 bridgehead atoms. The summed E-state index contributed by atoms with van der Waals surface area (Å²) in [5.74, 6) is 0.329. The molecule has 0 aliphatic carbocycles. The number of amides is 1. The molecular weight excluding hydrogens is 434 g/mol. The van der Waals surface area contributed by atoms with E-state index < -0.39 is 11.5 Å². The minimum absolute atomic E-state index is 0.00330. The Kier molecular flexibility index (Phi) is 5.97. The highest BCUT2D eigenvalue weighted by Crippen LogP contribution is 2.35. The minimum Gasteiger partial charge on any atom is -0.486 e. The van der Waals surface area contributed by atoms with Crippen molar-refractivity contribution in [2.75, 3.05) is 25.7 Å². The number of nitrogens with zero attached hydrogens (tertiary/aromatic N) is 2. The van der Waals surface area contributed by atoms with E-state index in [1.54, 1.807) is 25.6 Å². The third-order valence-electron chi connectivity index (χ3n) is 5.10. The monoisotopic (exact) mass is 457 g/mol. The molecule has 0 unspecified atom stereocenters. The third-order valence-corrected chi connectivity index (χ3v) is 5.32. The molecule has 32 heavy (non-hydrogen) atoms. The van der Waals surface area contributed by atoms with E-state index in [2.05, 4.69) is 10.4 Å². The summed E-state index contributed by atoms with van der Waals surface area (Å²) < 4.78 is 18.0. The van der Waals surface area contributed by atoms with Gasteiger partial charge in [0.05, 0.1) is 11.1 Å². The molecule has 0 saturated heterocycles. The maximum absolute atomic E-state index is 12.9. The maximum atomic E-state index is 12.9. The number of aromatic nitrogens is 2. The van der Waals surface area contributed by atoms with Gasteiger partial charge in [-0.05, 0) is 49.2 Å². The number of rotatable bonds is 6. The van der Waals surface area contributed by atoms with Gasteiger partial charge in [-0.1, -0.05) is 12.1 Å². The van der Waals surface area contributed by atoms with Crippen LogP contribution in [0.1, 0.15) is 24.3 Å². The van der Waals surface area contributed by atoms with Gasteiger partial charge < -0.3 is 19.5 Å². The Morgan fingerprint density at radius 2 is 1.81 bits per heavy atom. The van der Waals surface area contributed by atoms with Crippen molar-refractivity contribution in [2.45, 2.75) is 19.4 Å². The number of benzene rings is 2. The molecule has 8 nitrogen and oxygen atoms in total. The molecule has 3 aromatic rings. The maximum Gasteiger partial charge on any atom is 0.320 e. The molecule has 1 amide bonds. The van der Waals surface area contributed by atoms with Gasteiger partial charge in [0.2, 0.25) is 0 Å². The Labute approximate surface area is 190 Å². The van der Waals surface area contributed by atoms with E-state index in [1.165, 1.54) is 0 Å². The van der Waals surface area contributed by atoms with Gasteiger partial charge in [-0.25, -0.2) is 0 Å². The molecule has 4 rings (SSSR count). The lowest BCUT2D eigenvalue weighted by molar-refractivity contribution is -0.142. The van der Waals surface area contributed by atoms with Crippen LogP contribution in [0.15, 0.2) is 36.4 Å². The van der Waals surface area contributed by atoms with E-state index in [1.807, 2.05) is 36.4 Å². The lowest BCUT2D eigenvalue weighted by Crippen LogP contribution is -2.47. The first-order valence-corrected chi connectivity index (χ1v) is 10.7. The molecule has 0 fully saturated rings. The zero-order chi connectivity index (χ0) is 22.9. The second kappa shape index (κ2) is 8.70. The zero-order valence-electron chi connectivity index (χ0n) is 18.1. The average molecular weight is 458 g/mol. The first-order chi connectivity index (χ1) is 15.3. The molecule has 2 aromatic carbocycles. The smallest absolute Gasteiger partial charge is 0.320 e. The topological polar surface area (TPSA) is 91.7 Å². The molecular formula is C23H24ClN3O5. The summed E-state index contributed by atoms with van der Waals surface area (Å²) in [7, 11) is 1.79. The largest absolute Gasteiger partial charge is 0.486 e. The molecule has 0 spiro atoms. The van der Waals surface area contributed by atoms with E-state index in [-0.39, 0.29) is 18.4 Å². The standard InChI is InChI=1S/C23H24ClN3O5/c1-23(2,13-32-20(28)12-24)25-22(29)21-16-6-4-14(10-17(16)27(3)26-21)15-5-7-18-19(11-15)31-9-8-30-18/h4-7,10-11H,8-9,12-13H2,1-3H3,(H,25,29). The number of esters is 1. The SMILES string of the molecule is Cn1nc(C(=O)NC(C)(C)COC(=O)CCl)c2ccc(-c3ccc4c(c3)OCCO4)cc21. The molecule has 0 radical (unpaired) electrons. The summed E-state index contributed by atoms with van der Waals surface area (Å²) in [6, 6.07) is 11.6. The van der Waals surface area contributed by atoms with E-state index in [0.717, 1.165) is 33.5 Å². The van der Waals surface area contributed by atoms with E-state index >= 15 is 0 Å². The Hall–Kier alpha value is -3.26. The number of alkyl halides is 1. The van der Waals surface area contributed by atoms with Crippen LogP contribution in [0.3, 0.4) is 0 Å². The van der Waals surface area contributed by atoms with Gasteiger partial charge in [0, 0.05) is 12.4 Å². The third kappa shape index (κ3) is 4.50. The number of fused-ring (bicyclic) bond motifs is 2. The Bertz CT molecular complexity index is 1190. The number of hydrogen-bond donors (Lipinski definition) is 1. The Morgan fingerprint density at radius 3 is 2.56 bits per heavy atom. The van der Waals surface area contributed by atoms with E-state index in [9.17, 15) is 9.59 Å². The van der Waals surface area contributed by atoms with Crippen LogP contribution in [0, 0.1) is 0 Å². The van der Waals surface area contributed by atoms with Crippen molar-refractivity contribution in [2.24, 2.45) is 7.05 Å². The van der Waals surface area contributed by atoms with Gasteiger partial charge in [-0.3, -0.25) is 14.3 Å². The fourth-order valence-corrected chi connectivity index (χ4v) is 3.61. The summed E-state index contributed by atoms with van der Waals surface area (Å²) in [6.07, 6.45) is 0. The van der Waals surface area contributed by atoms with E-state index in [4.69, 9.17) is 25.8 Å². The van der Waals surface area contributed by atoms with Crippen LogP contribution in [0.2, 0.25) is 0 Å². The average Bonchev–Trinajstić information content (AvgIpc) is 3.13. The van der Waals surface area contributed by atoms with Gasteiger partial charge in [-0.2, -0.15) is 5.10 Å². The quantitative estimate of drug-likeness (QED) is 0.451. The number of halogens is 1. The second-order valence-corrected chi connectivity index (χ2v) is 8.46. The van der Waals surface area contributed by atoms with Crippen molar-refractivity contribution in [3.63, 3.8) is 0 Å². The normalized spacial score (nSPS) is 13.1. The highest BCUT2D eigenvalue weighted by molar-refractivity contribution is 6.26. The molecule has 1 N–H and O–H groups in total. The van der Waals surface area contributed by atoms with Crippen LogP contribution in [-0.2, 0) is 16.6 Å². The number of nitrogens with one attached hydrogen (secondary N) is 1. The van der Waals surface area contributed by atoms with Crippen molar-refractivity contribution in [3.8, 4) is 22.6 Å². The summed E-state index contributed by atoms with van der Waals surface area (Å²) in [6.45, 7) is 4.60. The predicted octanol–water partition coefficient (Wildman–Crippen LogP) is 3.30. The minimum atomic E-state index is -0.784. The van der Waals surface area contributed by atoms with Crippen molar-refractivity contribution >= 4 is 34.4 Å². The predicted molar refractivity (Wildman–Crippen MR) is 120 cm³/mol. The van der Waals surface area contributed by atoms with Crippen LogP contribution < -0.4 is 14.8 Å². The van der Waals surface area contributed by atoms with Gasteiger partial charge >= 0.3 is 5.97 Å². The summed E-state index contributed by atoms with van der Waals surface area (Å²) in [5.41, 5.74) is 2.28. The van der Waals surface area contributed by atoms with Gasteiger partial charge in [0.15, 0.2) is 17.2 Å². The molecule has 168 valence electrons. The molecule has 1 aliphatic rings. The van der Waals surface area contributed by atoms with Crippen LogP contribution in [0.5, 0.6) is 11.5 Å². The lowest BCUT2D eigenvalue weighted by Gasteiger charge is -2.25. The summed E-state index contributed by atoms with van der Waals surface area (Å²) in [4.78, 5) is 24.3. The van der Waals surface area contributed by atoms with Crippen LogP contribution >= 0.6 is 11.6 Å².